The molecule has 0 heterocycles. The zero-order chi connectivity index (χ0) is 10.4. The maximum absolute atomic E-state index is 5.52. The van der Waals surface area contributed by atoms with Crippen molar-refractivity contribution < 1.29 is 0 Å². The van der Waals surface area contributed by atoms with Gasteiger partial charge in [0.15, 0.2) is 0 Å². The van der Waals surface area contributed by atoms with Crippen LogP contribution < -0.4 is 11.3 Å². The lowest BCUT2D eigenvalue weighted by Crippen LogP contribution is -2.37. The molecule has 0 radical (unpaired) electrons. The van der Waals surface area contributed by atoms with Gasteiger partial charge in [-0.1, -0.05) is 44.2 Å². The second-order valence-corrected chi connectivity index (χ2v) is 4.18. The van der Waals surface area contributed by atoms with E-state index in [0.29, 0.717) is 12.0 Å². The SMILES string of the molecule is CC(C)CC(Cc1ccccc1)NN. The van der Waals surface area contributed by atoms with Gasteiger partial charge in [0.25, 0.3) is 0 Å². The molecule has 78 valence electrons. The molecular formula is C12H20N2. The lowest BCUT2D eigenvalue weighted by Gasteiger charge is -2.17. The summed E-state index contributed by atoms with van der Waals surface area (Å²) in [5.41, 5.74) is 4.23. The van der Waals surface area contributed by atoms with E-state index in [-0.39, 0.29) is 0 Å². The van der Waals surface area contributed by atoms with Gasteiger partial charge in [-0.25, -0.2) is 0 Å². The fourth-order valence-electron chi connectivity index (χ4n) is 1.68. The van der Waals surface area contributed by atoms with Crippen LogP contribution in [-0.2, 0) is 6.42 Å². The molecule has 1 rings (SSSR count). The van der Waals surface area contributed by atoms with Crippen LogP contribution in [0.25, 0.3) is 0 Å². The predicted octanol–water partition coefficient (Wildman–Crippen LogP) is 2.11. The number of hydrogen-bond donors (Lipinski definition) is 2. The normalized spacial score (nSPS) is 13.1. The van der Waals surface area contributed by atoms with Crippen LogP contribution in [0.15, 0.2) is 30.3 Å². The zero-order valence-electron chi connectivity index (χ0n) is 9.03. The molecule has 0 fully saturated rings. The van der Waals surface area contributed by atoms with Crippen molar-refractivity contribution in [3.63, 3.8) is 0 Å². The molecule has 1 atom stereocenters. The Morgan fingerprint density at radius 3 is 2.36 bits per heavy atom. The Labute approximate surface area is 86.5 Å². The highest BCUT2D eigenvalue weighted by Crippen LogP contribution is 2.10. The van der Waals surface area contributed by atoms with Crippen LogP contribution in [0.5, 0.6) is 0 Å². The average Bonchev–Trinajstić information content (AvgIpc) is 2.17. The van der Waals surface area contributed by atoms with Crippen LogP contribution in [0.2, 0.25) is 0 Å². The van der Waals surface area contributed by atoms with Crippen molar-refractivity contribution in [1.29, 1.82) is 0 Å². The molecule has 1 unspecified atom stereocenters. The zero-order valence-corrected chi connectivity index (χ0v) is 9.03. The summed E-state index contributed by atoms with van der Waals surface area (Å²) in [5, 5.41) is 0. The summed E-state index contributed by atoms with van der Waals surface area (Å²) in [6, 6.07) is 10.8. The first kappa shape index (κ1) is 11.2. The number of hydrogen-bond acceptors (Lipinski definition) is 2. The molecular weight excluding hydrogens is 172 g/mol. The molecule has 0 bridgehead atoms. The third kappa shape index (κ3) is 3.90. The monoisotopic (exact) mass is 192 g/mol. The molecule has 0 spiro atoms. The van der Waals surface area contributed by atoms with Crippen LogP contribution in [0.1, 0.15) is 25.8 Å². The van der Waals surface area contributed by atoms with Crippen molar-refractivity contribution in [3.8, 4) is 0 Å². The minimum atomic E-state index is 0.386. The highest BCUT2D eigenvalue weighted by molar-refractivity contribution is 5.15. The van der Waals surface area contributed by atoms with E-state index >= 15 is 0 Å². The fourth-order valence-corrected chi connectivity index (χ4v) is 1.68. The van der Waals surface area contributed by atoms with E-state index in [2.05, 4.69) is 43.5 Å². The van der Waals surface area contributed by atoms with Gasteiger partial charge in [0.05, 0.1) is 0 Å². The molecule has 1 aromatic rings. The van der Waals surface area contributed by atoms with Gasteiger partial charge in [-0.05, 0) is 24.3 Å². The van der Waals surface area contributed by atoms with E-state index in [4.69, 9.17) is 5.84 Å². The van der Waals surface area contributed by atoms with Gasteiger partial charge in [0.1, 0.15) is 0 Å². The van der Waals surface area contributed by atoms with Gasteiger partial charge >= 0.3 is 0 Å². The minimum absolute atomic E-state index is 0.386. The maximum atomic E-state index is 5.52. The number of hydrazine groups is 1. The molecule has 14 heavy (non-hydrogen) atoms. The molecule has 0 saturated carbocycles. The van der Waals surface area contributed by atoms with Crippen LogP contribution in [0.3, 0.4) is 0 Å². The van der Waals surface area contributed by atoms with Gasteiger partial charge < -0.3 is 0 Å². The van der Waals surface area contributed by atoms with Gasteiger partial charge in [-0.15, -0.1) is 0 Å². The highest BCUT2D eigenvalue weighted by atomic mass is 15.2. The van der Waals surface area contributed by atoms with E-state index in [1.165, 1.54) is 5.56 Å². The Bertz CT molecular complexity index is 244. The molecule has 1 aromatic carbocycles. The Morgan fingerprint density at radius 1 is 1.21 bits per heavy atom. The average molecular weight is 192 g/mol. The third-order valence-electron chi connectivity index (χ3n) is 2.32. The predicted molar refractivity (Wildman–Crippen MR) is 60.7 cm³/mol. The molecule has 0 saturated heterocycles. The molecule has 0 aliphatic heterocycles. The van der Waals surface area contributed by atoms with Crippen molar-refractivity contribution in [2.24, 2.45) is 11.8 Å². The maximum Gasteiger partial charge on any atom is 0.0253 e. The first-order valence-electron chi connectivity index (χ1n) is 5.22. The van der Waals surface area contributed by atoms with Crippen molar-refractivity contribution in [1.82, 2.24) is 5.43 Å². The molecule has 0 aliphatic carbocycles. The van der Waals surface area contributed by atoms with E-state index in [9.17, 15) is 0 Å². The number of nitrogens with two attached hydrogens (primary N) is 1. The largest absolute Gasteiger partial charge is 0.271 e. The topological polar surface area (TPSA) is 38.0 Å². The summed E-state index contributed by atoms with van der Waals surface area (Å²) < 4.78 is 0. The van der Waals surface area contributed by atoms with Crippen LogP contribution in [-0.4, -0.2) is 6.04 Å². The Hall–Kier alpha value is -0.860. The summed E-state index contributed by atoms with van der Waals surface area (Å²) in [7, 11) is 0. The first-order chi connectivity index (χ1) is 6.72. The summed E-state index contributed by atoms with van der Waals surface area (Å²) in [5.74, 6) is 6.20. The standard InChI is InChI=1S/C12H20N2/c1-10(2)8-12(14-13)9-11-6-4-3-5-7-11/h3-7,10,12,14H,8-9,13H2,1-2H3. The van der Waals surface area contributed by atoms with E-state index in [1.807, 2.05) is 6.07 Å². The van der Waals surface area contributed by atoms with Crippen molar-refractivity contribution >= 4 is 0 Å². The van der Waals surface area contributed by atoms with Crippen molar-refractivity contribution in [2.45, 2.75) is 32.7 Å². The quantitative estimate of drug-likeness (QED) is 0.554. The summed E-state index contributed by atoms with van der Waals surface area (Å²) in [6.45, 7) is 4.44. The Kier molecular flexibility index (Phi) is 4.63. The summed E-state index contributed by atoms with van der Waals surface area (Å²) >= 11 is 0. The first-order valence-corrected chi connectivity index (χ1v) is 5.22. The minimum Gasteiger partial charge on any atom is -0.271 e. The van der Waals surface area contributed by atoms with Crippen LogP contribution in [0, 0.1) is 5.92 Å². The highest BCUT2D eigenvalue weighted by Gasteiger charge is 2.09. The number of rotatable bonds is 5. The second-order valence-electron chi connectivity index (χ2n) is 4.18. The number of nitrogens with one attached hydrogen (secondary N) is 1. The molecule has 3 N–H and O–H groups in total. The third-order valence-corrected chi connectivity index (χ3v) is 2.32. The Morgan fingerprint density at radius 2 is 1.86 bits per heavy atom. The van der Waals surface area contributed by atoms with E-state index in [1.54, 1.807) is 0 Å². The molecule has 0 aromatic heterocycles. The lowest BCUT2D eigenvalue weighted by molar-refractivity contribution is 0.423. The van der Waals surface area contributed by atoms with Crippen molar-refractivity contribution in [2.75, 3.05) is 0 Å². The molecule has 0 aliphatic rings. The summed E-state index contributed by atoms with van der Waals surface area (Å²) in [6.07, 6.45) is 2.13. The van der Waals surface area contributed by atoms with Gasteiger partial charge in [-0.2, -0.15) is 0 Å². The smallest absolute Gasteiger partial charge is 0.0253 e. The van der Waals surface area contributed by atoms with Gasteiger partial charge in [0, 0.05) is 6.04 Å². The van der Waals surface area contributed by atoms with Gasteiger partial charge in [-0.3, -0.25) is 11.3 Å². The van der Waals surface area contributed by atoms with Gasteiger partial charge in [0.2, 0.25) is 0 Å². The van der Waals surface area contributed by atoms with Crippen molar-refractivity contribution in [3.05, 3.63) is 35.9 Å². The lowest BCUT2D eigenvalue weighted by atomic mass is 9.98. The van der Waals surface area contributed by atoms with Crippen LogP contribution in [0.4, 0.5) is 0 Å². The molecule has 2 nitrogen and oxygen atoms in total. The molecule has 0 amide bonds. The van der Waals surface area contributed by atoms with Crippen LogP contribution >= 0.6 is 0 Å². The van der Waals surface area contributed by atoms with E-state index in [0.717, 1.165) is 12.8 Å². The Balaban J connectivity index is 2.48. The molecule has 2 heteroatoms. The fraction of sp³-hybridized carbons (Fsp3) is 0.500. The summed E-state index contributed by atoms with van der Waals surface area (Å²) in [4.78, 5) is 0. The number of benzene rings is 1. The second kappa shape index (κ2) is 5.78. The van der Waals surface area contributed by atoms with E-state index < -0.39 is 0 Å².